The SMILES string of the molecule is Cc1[nH]c2ccccc2c1C(C)(CCO)C(=O)O. The van der Waals surface area contributed by atoms with Crippen molar-refractivity contribution in [2.45, 2.75) is 25.7 Å². The molecule has 3 N–H and O–H groups in total. The van der Waals surface area contributed by atoms with Crippen molar-refractivity contribution in [1.29, 1.82) is 0 Å². The zero-order chi connectivity index (χ0) is 13.3. The van der Waals surface area contributed by atoms with E-state index in [9.17, 15) is 9.90 Å². The zero-order valence-corrected chi connectivity index (χ0v) is 10.5. The molecule has 4 nitrogen and oxygen atoms in total. The van der Waals surface area contributed by atoms with E-state index >= 15 is 0 Å². The number of hydrogen-bond donors (Lipinski definition) is 3. The Kier molecular flexibility index (Phi) is 3.13. The minimum absolute atomic E-state index is 0.151. The fraction of sp³-hybridized carbons (Fsp3) is 0.357. The van der Waals surface area contributed by atoms with Crippen LogP contribution in [0.15, 0.2) is 24.3 Å². The Bertz CT molecular complexity index is 588. The molecule has 1 aromatic heterocycles. The van der Waals surface area contributed by atoms with E-state index in [4.69, 9.17) is 5.11 Å². The second-order valence-corrected chi connectivity index (χ2v) is 4.78. The van der Waals surface area contributed by atoms with Gasteiger partial charge in [0.25, 0.3) is 0 Å². The average molecular weight is 247 g/mol. The summed E-state index contributed by atoms with van der Waals surface area (Å²) in [6.45, 7) is 3.38. The summed E-state index contributed by atoms with van der Waals surface area (Å²) in [7, 11) is 0. The Labute approximate surface area is 105 Å². The van der Waals surface area contributed by atoms with Crippen molar-refractivity contribution in [2.24, 2.45) is 0 Å². The summed E-state index contributed by atoms with van der Waals surface area (Å²) in [5, 5.41) is 19.5. The normalized spacial score (nSPS) is 14.6. The zero-order valence-electron chi connectivity index (χ0n) is 10.5. The number of aryl methyl sites for hydroxylation is 1. The highest BCUT2D eigenvalue weighted by Gasteiger charge is 2.38. The molecule has 1 aromatic carbocycles. The van der Waals surface area contributed by atoms with E-state index < -0.39 is 11.4 Å². The molecule has 1 atom stereocenters. The number of hydrogen-bond acceptors (Lipinski definition) is 2. The van der Waals surface area contributed by atoms with Crippen LogP contribution in [-0.4, -0.2) is 27.8 Å². The molecule has 0 amide bonds. The first-order valence-electron chi connectivity index (χ1n) is 5.92. The van der Waals surface area contributed by atoms with Gasteiger partial charge in [0.15, 0.2) is 0 Å². The van der Waals surface area contributed by atoms with Crippen LogP contribution in [0.2, 0.25) is 0 Å². The van der Waals surface area contributed by atoms with Crippen LogP contribution in [0, 0.1) is 6.92 Å². The predicted octanol–water partition coefficient (Wildman–Crippen LogP) is 2.20. The van der Waals surface area contributed by atoms with Gasteiger partial charge in [-0.2, -0.15) is 0 Å². The third-order valence-electron chi connectivity index (χ3n) is 3.53. The highest BCUT2D eigenvalue weighted by atomic mass is 16.4. The van der Waals surface area contributed by atoms with Crippen LogP contribution in [-0.2, 0) is 10.2 Å². The summed E-state index contributed by atoms with van der Waals surface area (Å²) in [4.78, 5) is 14.8. The highest BCUT2D eigenvalue weighted by Crippen LogP contribution is 2.36. The Morgan fingerprint density at radius 1 is 1.39 bits per heavy atom. The molecule has 1 unspecified atom stereocenters. The topological polar surface area (TPSA) is 73.3 Å². The maximum atomic E-state index is 11.6. The molecule has 2 aromatic rings. The molecule has 0 saturated carbocycles. The largest absolute Gasteiger partial charge is 0.481 e. The lowest BCUT2D eigenvalue weighted by atomic mass is 9.78. The van der Waals surface area contributed by atoms with Crippen LogP contribution in [0.25, 0.3) is 10.9 Å². The predicted molar refractivity (Wildman–Crippen MR) is 69.7 cm³/mol. The van der Waals surface area contributed by atoms with Crippen molar-refractivity contribution in [1.82, 2.24) is 4.98 Å². The van der Waals surface area contributed by atoms with Gasteiger partial charge in [0.1, 0.15) is 0 Å². The van der Waals surface area contributed by atoms with Gasteiger partial charge in [0, 0.05) is 23.2 Å². The fourth-order valence-corrected chi connectivity index (χ4v) is 2.55. The van der Waals surface area contributed by atoms with E-state index in [-0.39, 0.29) is 13.0 Å². The summed E-state index contributed by atoms with van der Waals surface area (Å²) < 4.78 is 0. The van der Waals surface area contributed by atoms with Crippen molar-refractivity contribution in [2.75, 3.05) is 6.61 Å². The number of aliphatic hydroxyl groups excluding tert-OH is 1. The van der Waals surface area contributed by atoms with E-state index in [0.29, 0.717) is 0 Å². The van der Waals surface area contributed by atoms with Gasteiger partial charge in [-0.05, 0) is 31.9 Å². The van der Waals surface area contributed by atoms with Crippen LogP contribution in [0.3, 0.4) is 0 Å². The number of carbonyl (C=O) groups is 1. The van der Waals surface area contributed by atoms with Crippen molar-refractivity contribution in [3.05, 3.63) is 35.5 Å². The smallest absolute Gasteiger partial charge is 0.314 e. The van der Waals surface area contributed by atoms with Crippen LogP contribution < -0.4 is 0 Å². The number of carboxylic acids is 1. The second kappa shape index (κ2) is 4.46. The number of rotatable bonds is 4. The minimum Gasteiger partial charge on any atom is -0.481 e. The monoisotopic (exact) mass is 247 g/mol. The molecule has 18 heavy (non-hydrogen) atoms. The van der Waals surface area contributed by atoms with Crippen molar-refractivity contribution < 1.29 is 15.0 Å². The first-order chi connectivity index (χ1) is 8.50. The lowest BCUT2D eigenvalue weighted by Gasteiger charge is -2.24. The molecule has 0 bridgehead atoms. The van der Waals surface area contributed by atoms with Gasteiger partial charge < -0.3 is 15.2 Å². The van der Waals surface area contributed by atoms with E-state index in [1.54, 1.807) is 6.92 Å². The van der Waals surface area contributed by atoms with Crippen LogP contribution in [0.1, 0.15) is 24.6 Å². The average Bonchev–Trinajstić information content (AvgIpc) is 2.65. The van der Waals surface area contributed by atoms with Crippen molar-refractivity contribution in [3.63, 3.8) is 0 Å². The van der Waals surface area contributed by atoms with Crippen molar-refractivity contribution in [3.8, 4) is 0 Å². The number of benzene rings is 1. The van der Waals surface area contributed by atoms with E-state index in [1.807, 2.05) is 31.2 Å². The number of aromatic nitrogens is 1. The summed E-state index contributed by atoms with van der Waals surface area (Å²) in [5.41, 5.74) is 1.46. The third-order valence-corrected chi connectivity index (χ3v) is 3.53. The van der Waals surface area contributed by atoms with Gasteiger partial charge in [-0.1, -0.05) is 18.2 Å². The summed E-state index contributed by atoms with van der Waals surface area (Å²) in [6.07, 6.45) is 0.199. The molecule has 0 radical (unpaired) electrons. The molecular formula is C14H17NO3. The maximum Gasteiger partial charge on any atom is 0.314 e. The third kappa shape index (κ3) is 1.78. The number of carboxylic acid groups (broad SMARTS) is 1. The van der Waals surface area contributed by atoms with Gasteiger partial charge in [-0.25, -0.2) is 0 Å². The molecule has 0 fully saturated rings. The molecule has 0 spiro atoms. The molecule has 0 aliphatic carbocycles. The number of fused-ring (bicyclic) bond motifs is 1. The molecule has 4 heteroatoms. The minimum atomic E-state index is -1.07. The summed E-state index contributed by atoms with van der Waals surface area (Å²) >= 11 is 0. The second-order valence-electron chi connectivity index (χ2n) is 4.78. The fourth-order valence-electron chi connectivity index (χ4n) is 2.55. The Balaban J connectivity index is 2.71. The number of nitrogens with one attached hydrogen (secondary N) is 1. The quantitative estimate of drug-likeness (QED) is 0.775. The van der Waals surface area contributed by atoms with Crippen molar-refractivity contribution >= 4 is 16.9 Å². The van der Waals surface area contributed by atoms with Gasteiger partial charge in [0.2, 0.25) is 0 Å². The van der Waals surface area contributed by atoms with E-state index in [1.165, 1.54) is 0 Å². The molecule has 0 saturated heterocycles. The van der Waals surface area contributed by atoms with Crippen LogP contribution in [0.5, 0.6) is 0 Å². The number of aliphatic hydroxyl groups is 1. The van der Waals surface area contributed by atoms with E-state index in [0.717, 1.165) is 22.2 Å². The maximum absolute atomic E-state index is 11.6. The number of aromatic amines is 1. The Morgan fingerprint density at radius 3 is 2.67 bits per heavy atom. The molecule has 0 aliphatic heterocycles. The first kappa shape index (κ1) is 12.6. The molecule has 96 valence electrons. The van der Waals surface area contributed by atoms with Gasteiger partial charge >= 0.3 is 5.97 Å². The Hall–Kier alpha value is -1.81. The Morgan fingerprint density at radius 2 is 2.06 bits per heavy atom. The van der Waals surface area contributed by atoms with Crippen LogP contribution in [0.4, 0.5) is 0 Å². The lowest BCUT2D eigenvalue weighted by Crippen LogP contribution is -2.34. The molecule has 0 aliphatic rings. The summed E-state index contributed by atoms with van der Waals surface area (Å²) in [6, 6.07) is 7.63. The van der Waals surface area contributed by atoms with Gasteiger partial charge in [-0.15, -0.1) is 0 Å². The number of para-hydroxylation sites is 1. The van der Waals surface area contributed by atoms with Gasteiger partial charge in [-0.3, -0.25) is 4.79 Å². The summed E-state index contributed by atoms with van der Waals surface area (Å²) in [5.74, 6) is -0.913. The highest BCUT2D eigenvalue weighted by molar-refractivity contribution is 5.93. The molecule has 1 heterocycles. The molecular weight excluding hydrogens is 230 g/mol. The number of aliphatic carboxylic acids is 1. The number of H-pyrrole nitrogens is 1. The van der Waals surface area contributed by atoms with Gasteiger partial charge in [0.05, 0.1) is 5.41 Å². The first-order valence-corrected chi connectivity index (χ1v) is 5.92. The van der Waals surface area contributed by atoms with Crippen LogP contribution >= 0.6 is 0 Å². The van der Waals surface area contributed by atoms with E-state index in [2.05, 4.69) is 4.98 Å². The lowest BCUT2D eigenvalue weighted by molar-refractivity contribution is -0.143. The standard InChI is InChI=1S/C14H17NO3/c1-9-12(14(2,7-8-16)13(17)18)10-5-3-4-6-11(10)15-9/h3-6,15-16H,7-8H2,1-2H3,(H,17,18). The molecule has 2 rings (SSSR count).